The van der Waals surface area contributed by atoms with Gasteiger partial charge in [0.05, 0.1) is 6.04 Å². The fourth-order valence-electron chi connectivity index (χ4n) is 1.84. The quantitative estimate of drug-likeness (QED) is 0.750. The molecule has 2 atom stereocenters. The number of likely N-dealkylation sites (N-methyl/N-ethyl adjacent to an activating group) is 1. The first-order valence-electron chi connectivity index (χ1n) is 6.26. The van der Waals surface area contributed by atoms with Crippen molar-refractivity contribution in [1.29, 1.82) is 0 Å². The van der Waals surface area contributed by atoms with Gasteiger partial charge in [-0.3, -0.25) is 4.79 Å². The molecule has 0 aliphatic carbocycles. The monoisotopic (exact) mass is 229 g/mol. The Morgan fingerprint density at radius 3 is 2.50 bits per heavy atom. The zero-order chi connectivity index (χ0) is 12.6. The summed E-state index contributed by atoms with van der Waals surface area (Å²) in [6, 6.07) is 0.548. The first kappa shape index (κ1) is 15.4. The zero-order valence-electron chi connectivity index (χ0n) is 11.3. The average molecular weight is 229 g/mol. The van der Waals surface area contributed by atoms with Crippen LogP contribution in [0.4, 0.5) is 0 Å². The highest BCUT2D eigenvalue weighted by Crippen LogP contribution is 2.15. The van der Waals surface area contributed by atoms with Crippen LogP contribution in [0.3, 0.4) is 0 Å². The Labute approximate surface area is 99.8 Å². The van der Waals surface area contributed by atoms with E-state index in [2.05, 4.69) is 29.6 Å². The second kappa shape index (κ2) is 8.53. The molecule has 1 heterocycles. The van der Waals surface area contributed by atoms with Gasteiger partial charge in [-0.1, -0.05) is 13.8 Å². The molecule has 1 rings (SSSR count). The molecule has 16 heavy (non-hydrogen) atoms. The lowest BCUT2D eigenvalue weighted by molar-refractivity contribution is -0.122. The maximum absolute atomic E-state index is 11.3. The summed E-state index contributed by atoms with van der Waals surface area (Å²) in [7, 11) is 5.84. The second-order valence-corrected chi connectivity index (χ2v) is 4.20. The summed E-state index contributed by atoms with van der Waals surface area (Å²) in [5, 5.41) is 6.04. The van der Waals surface area contributed by atoms with Crippen molar-refractivity contribution in [1.82, 2.24) is 15.5 Å². The average Bonchev–Trinajstić information content (AvgIpc) is 2.76. The first-order valence-corrected chi connectivity index (χ1v) is 6.26. The van der Waals surface area contributed by atoms with E-state index in [1.807, 2.05) is 13.8 Å². The molecule has 96 valence electrons. The molecule has 0 radical (unpaired) electrons. The van der Waals surface area contributed by atoms with Crippen LogP contribution in [-0.2, 0) is 4.79 Å². The lowest BCUT2D eigenvalue weighted by atomic mass is 10.1. The Morgan fingerprint density at radius 1 is 1.38 bits per heavy atom. The van der Waals surface area contributed by atoms with Crippen molar-refractivity contribution >= 4 is 5.91 Å². The van der Waals surface area contributed by atoms with Crippen LogP contribution in [0.2, 0.25) is 0 Å². The maximum atomic E-state index is 11.3. The molecule has 0 aromatic carbocycles. The van der Waals surface area contributed by atoms with E-state index in [0.29, 0.717) is 6.04 Å². The van der Waals surface area contributed by atoms with Crippen LogP contribution in [0.25, 0.3) is 0 Å². The molecule has 1 amide bonds. The van der Waals surface area contributed by atoms with E-state index in [0.717, 1.165) is 25.8 Å². The van der Waals surface area contributed by atoms with Gasteiger partial charge in [0, 0.05) is 13.1 Å². The summed E-state index contributed by atoms with van der Waals surface area (Å²) in [5.74, 6) is 0.123. The molecule has 0 aromatic heterocycles. The van der Waals surface area contributed by atoms with Crippen LogP contribution in [-0.4, -0.2) is 50.6 Å². The van der Waals surface area contributed by atoms with Crippen LogP contribution in [0, 0.1) is 0 Å². The van der Waals surface area contributed by atoms with E-state index < -0.39 is 0 Å². The van der Waals surface area contributed by atoms with Crippen molar-refractivity contribution in [3.8, 4) is 0 Å². The summed E-state index contributed by atoms with van der Waals surface area (Å²) in [5.41, 5.74) is 0. The Hall–Kier alpha value is -0.610. The molecular formula is C12H27N3O. The van der Waals surface area contributed by atoms with Crippen molar-refractivity contribution in [2.75, 3.05) is 27.7 Å². The fraction of sp³-hybridized carbons (Fsp3) is 0.917. The lowest BCUT2D eigenvalue weighted by Crippen LogP contribution is -2.41. The Morgan fingerprint density at radius 2 is 2.00 bits per heavy atom. The first-order chi connectivity index (χ1) is 7.63. The highest BCUT2D eigenvalue weighted by molar-refractivity contribution is 5.81. The van der Waals surface area contributed by atoms with Crippen LogP contribution in [0.5, 0.6) is 0 Å². The number of nitrogens with zero attached hydrogens (tertiary/aromatic N) is 1. The van der Waals surface area contributed by atoms with E-state index in [4.69, 9.17) is 0 Å². The maximum Gasteiger partial charge on any atom is 0.236 e. The topological polar surface area (TPSA) is 44.4 Å². The van der Waals surface area contributed by atoms with Crippen molar-refractivity contribution in [2.24, 2.45) is 0 Å². The molecular weight excluding hydrogens is 202 g/mol. The molecule has 4 nitrogen and oxygen atoms in total. The van der Waals surface area contributed by atoms with Gasteiger partial charge in [-0.25, -0.2) is 0 Å². The number of amides is 1. The number of hydrogen-bond donors (Lipinski definition) is 2. The third-order valence-electron chi connectivity index (χ3n) is 2.73. The van der Waals surface area contributed by atoms with Gasteiger partial charge in [0.25, 0.3) is 0 Å². The fourth-order valence-corrected chi connectivity index (χ4v) is 1.84. The minimum atomic E-state index is 0.0344. The van der Waals surface area contributed by atoms with Crippen molar-refractivity contribution in [2.45, 2.75) is 45.2 Å². The summed E-state index contributed by atoms with van der Waals surface area (Å²) >= 11 is 0. The number of carbonyl (C=O) groups excluding carboxylic acids is 1. The largest absolute Gasteiger partial charge is 0.358 e. The third kappa shape index (κ3) is 5.47. The van der Waals surface area contributed by atoms with Gasteiger partial charge in [0.2, 0.25) is 5.91 Å². The number of rotatable bonds is 4. The summed E-state index contributed by atoms with van der Waals surface area (Å²) < 4.78 is 0. The minimum Gasteiger partial charge on any atom is -0.358 e. The molecule has 1 aliphatic heterocycles. The molecule has 0 spiro atoms. The molecule has 4 heteroatoms. The molecule has 0 bridgehead atoms. The number of carbonyl (C=O) groups is 1. The molecule has 1 saturated heterocycles. The smallest absolute Gasteiger partial charge is 0.236 e. The highest BCUT2D eigenvalue weighted by atomic mass is 16.2. The van der Waals surface area contributed by atoms with Gasteiger partial charge in [-0.2, -0.15) is 0 Å². The van der Waals surface area contributed by atoms with Crippen LogP contribution < -0.4 is 10.6 Å². The van der Waals surface area contributed by atoms with Crippen LogP contribution in [0.15, 0.2) is 0 Å². The number of nitrogens with one attached hydrogen (secondary N) is 2. The van der Waals surface area contributed by atoms with Crippen molar-refractivity contribution < 1.29 is 4.79 Å². The predicted octanol–water partition coefficient (Wildman–Crippen LogP) is 0.831. The Bertz CT molecular complexity index is 195. The van der Waals surface area contributed by atoms with Gasteiger partial charge in [0.1, 0.15) is 0 Å². The normalized spacial score (nSPS) is 23.9. The molecule has 0 saturated carbocycles. The van der Waals surface area contributed by atoms with Gasteiger partial charge in [-0.05, 0) is 39.9 Å². The molecule has 1 fully saturated rings. The predicted molar refractivity (Wildman–Crippen MR) is 68.5 cm³/mol. The van der Waals surface area contributed by atoms with E-state index in [1.165, 1.54) is 0 Å². The minimum absolute atomic E-state index is 0.0344. The van der Waals surface area contributed by atoms with E-state index in [-0.39, 0.29) is 11.9 Å². The van der Waals surface area contributed by atoms with E-state index in [1.54, 1.807) is 7.05 Å². The standard InChI is InChI=1S/C10H21N3O.C2H6/c1-11-10(14)9-5-4-8(12-9)6-7-13(2)3;1-2/h8-9,12H,4-7H2,1-3H3,(H,11,14);1-2H3. The molecule has 1 aliphatic rings. The van der Waals surface area contributed by atoms with Gasteiger partial charge < -0.3 is 15.5 Å². The Kier molecular flexibility index (Phi) is 8.21. The molecule has 2 unspecified atom stereocenters. The third-order valence-corrected chi connectivity index (χ3v) is 2.73. The molecule has 2 N–H and O–H groups in total. The van der Waals surface area contributed by atoms with E-state index >= 15 is 0 Å². The van der Waals surface area contributed by atoms with E-state index in [9.17, 15) is 4.79 Å². The highest BCUT2D eigenvalue weighted by Gasteiger charge is 2.27. The number of hydrogen-bond acceptors (Lipinski definition) is 3. The van der Waals surface area contributed by atoms with Gasteiger partial charge >= 0.3 is 0 Å². The van der Waals surface area contributed by atoms with Crippen molar-refractivity contribution in [3.63, 3.8) is 0 Å². The lowest BCUT2D eigenvalue weighted by Gasteiger charge is -2.15. The van der Waals surface area contributed by atoms with Crippen LogP contribution in [0.1, 0.15) is 33.1 Å². The summed E-state index contributed by atoms with van der Waals surface area (Å²) in [6.07, 6.45) is 3.21. The SMILES string of the molecule is CC.CNC(=O)C1CCC(CCN(C)C)N1. The molecule has 0 aromatic rings. The van der Waals surface area contributed by atoms with Gasteiger partial charge in [0.15, 0.2) is 0 Å². The zero-order valence-corrected chi connectivity index (χ0v) is 11.3. The summed E-state index contributed by atoms with van der Waals surface area (Å²) in [4.78, 5) is 13.5. The van der Waals surface area contributed by atoms with Gasteiger partial charge in [-0.15, -0.1) is 0 Å². The van der Waals surface area contributed by atoms with Crippen molar-refractivity contribution in [3.05, 3.63) is 0 Å². The Balaban J connectivity index is 0.00000106. The van der Waals surface area contributed by atoms with Crippen LogP contribution >= 0.6 is 0 Å². The second-order valence-electron chi connectivity index (χ2n) is 4.20. The summed E-state index contributed by atoms with van der Waals surface area (Å²) in [6.45, 7) is 5.08.